The zero-order valence-corrected chi connectivity index (χ0v) is 20.4. The fourth-order valence-corrected chi connectivity index (χ4v) is 3.89. The van der Waals surface area contributed by atoms with E-state index in [1.165, 1.54) is 0 Å². The van der Waals surface area contributed by atoms with Crippen LogP contribution in [0.3, 0.4) is 0 Å². The molecule has 0 aliphatic carbocycles. The quantitative estimate of drug-likeness (QED) is 0.282. The highest BCUT2D eigenvalue weighted by atomic mass is 35.5. The molecule has 0 fully saturated rings. The van der Waals surface area contributed by atoms with Crippen LogP contribution in [-0.2, 0) is 13.2 Å². The molecule has 1 amide bonds. The Kier molecular flexibility index (Phi) is 7.63. The van der Waals surface area contributed by atoms with Gasteiger partial charge in [-0.2, -0.15) is 5.10 Å². The summed E-state index contributed by atoms with van der Waals surface area (Å²) in [4.78, 5) is 12.7. The van der Waals surface area contributed by atoms with Crippen molar-refractivity contribution in [3.8, 4) is 11.5 Å². The van der Waals surface area contributed by atoms with Crippen LogP contribution in [0.1, 0.15) is 21.5 Å². The number of aromatic nitrogens is 2. The maximum Gasteiger partial charge on any atom is 0.256 e. The molecule has 1 aromatic heterocycles. The monoisotopic (exact) mass is 515 g/mol. The van der Waals surface area contributed by atoms with E-state index in [1.807, 2.05) is 36.4 Å². The second-order valence-corrected chi connectivity index (χ2v) is 8.56. The Morgan fingerprint density at radius 2 is 1.56 bits per heavy atom. The minimum absolute atomic E-state index is 0.252. The summed E-state index contributed by atoms with van der Waals surface area (Å²) < 4.78 is 12.5. The first-order chi connectivity index (χ1) is 16.4. The van der Waals surface area contributed by atoms with E-state index in [9.17, 15) is 4.79 Å². The van der Waals surface area contributed by atoms with Gasteiger partial charge in [-0.15, -0.1) is 0 Å². The predicted molar refractivity (Wildman–Crippen MR) is 135 cm³/mol. The average molecular weight is 517 g/mol. The largest absolute Gasteiger partial charge is 0.497 e. The molecule has 0 saturated heterocycles. The van der Waals surface area contributed by atoms with Gasteiger partial charge in [0.05, 0.1) is 13.7 Å². The smallest absolute Gasteiger partial charge is 0.256 e. The molecule has 9 heteroatoms. The third kappa shape index (κ3) is 5.83. The van der Waals surface area contributed by atoms with E-state index >= 15 is 0 Å². The lowest BCUT2D eigenvalue weighted by Crippen LogP contribution is -2.13. The fraction of sp³-hybridized carbons (Fsp3) is 0.120. The molecule has 4 rings (SSSR count). The van der Waals surface area contributed by atoms with Gasteiger partial charge in [-0.25, -0.2) is 0 Å². The molecular weight excluding hydrogens is 497 g/mol. The topological polar surface area (TPSA) is 65.4 Å². The van der Waals surface area contributed by atoms with E-state index in [1.54, 1.807) is 48.3 Å². The maximum atomic E-state index is 12.7. The molecule has 0 radical (unpaired) electrons. The number of nitrogens with one attached hydrogen (secondary N) is 1. The van der Waals surface area contributed by atoms with Crippen LogP contribution in [-0.4, -0.2) is 22.8 Å². The summed E-state index contributed by atoms with van der Waals surface area (Å²) in [6.45, 7) is 0.687. The minimum atomic E-state index is -0.328. The number of carbonyl (C=O) groups is 1. The average Bonchev–Trinajstić information content (AvgIpc) is 3.19. The van der Waals surface area contributed by atoms with Gasteiger partial charge >= 0.3 is 0 Å². The maximum absolute atomic E-state index is 12.7. The molecule has 0 aliphatic rings. The zero-order valence-electron chi connectivity index (χ0n) is 18.1. The second-order valence-electron chi connectivity index (χ2n) is 7.34. The Bertz CT molecular complexity index is 1270. The first kappa shape index (κ1) is 24.0. The van der Waals surface area contributed by atoms with Crippen molar-refractivity contribution in [2.75, 3.05) is 12.4 Å². The number of halogens is 3. The van der Waals surface area contributed by atoms with E-state index in [0.29, 0.717) is 33.8 Å². The van der Waals surface area contributed by atoms with E-state index < -0.39 is 0 Å². The van der Waals surface area contributed by atoms with Crippen LogP contribution < -0.4 is 14.8 Å². The van der Waals surface area contributed by atoms with Crippen molar-refractivity contribution in [1.29, 1.82) is 0 Å². The zero-order chi connectivity index (χ0) is 24.1. The Morgan fingerprint density at radius 3 is 2.21 bits per heavy atom. The number of ether oxygens (including phenoxy) is 2. The van der Waals surface area contributed by atoms with Crippen LogP contribution in [0.2, 0.25) is 15.1 Å². The highest BCUT2D eigenvalue weighted by molar-refractivity contribution is 6.36. The van der Waals surface area contributed by atoms with Crippen LogP contribution in [0.25, 0.3) is 0 Å². The Hall–Kier alpha value is -3.19. The van der Waals surface area contributed by atoms with Crippen LogP contribution in [0.5, 0.6) is 11.5 Å². The van der Waals surface area contributed by atoms with Gasteiger partial charge in [0.2, 0.25) is 0 Å². The molecular formula is C25H20Cl3N3O3. The van der Waals surface area contributed by atoms with E-state index in [-0.39, 0.29) is 11.7 Å². The van der Waals surface area contributed by atoms with Crippen molar-refractivity contribution in [1.82, 2.24) is 9.78 Å². The lowest BCUT2D eigenvalue weighted by atomic mass is 10.1. The van der Waals surface area contributed by atoms with E-state index in [2.05, 4.69) is 10.4 Å². The third-order valence-electron chi connectivity index (χ3n) is 5.01. The normalized spacial score (nSPS) is 10.7. The number of anilines is 1. The lowest BCUT2D eigenvalue weighted by Gasteiger charge is -2.08. The molecule has 0 saturated carbocycles. The number of amides is 1. The van der Waals surface area contributed by atoms with Crippen LogP contribution in [0, 0.1) is 0 Å². The van der Waals surface area contributed by atoms with Crippen molar-refractivity contribution >= 4 is 46.5 Å². The third-order valence-corrected chi connectivity index (χ3v) is 6.00. The Balaban J connectivity index is 1.37. The van der Waals surface area contributed by atoms with Gasteiger partial charge in [-0.3, -0.25) is 9.48 Å². The lowest BCUT2D eigenvalue weighted by molar-refractivity contribution is 0.102. The van der Waals surface area contributed by atoms with Gasteiger partial charge in [0.25, 0.3) is 5.91 Å². The summed E-state index contributed by atoms with van der Waals surface area (Å²) in [7, 11) is 1.61. The molecule has 1 N–H and O–H groups in total. The standard InChI is InChI=1S/C25H20Cl3N3O3/c1-33-18-9-11-19(12-10-18)34-15-16-5-7-17(8-6-16)25(32)29-24-23(28)14-31(30-24)13-20-21(26)3-2-4-22(20)27/h2-12,14H,13,15H2,1H3,(H,29,30,32). The molecule has 3 aromatic carbocycles. The molecule has 0 aliphatic heterocycles. The van der Waals surface area contributed by atoms with Gasteiger partial charge in [0, 0.05) is 27.4 Å². The van der Waals surface area contributed by atoms with Crippen molar-refractivity contribution in [2.45, 2.75) is 13.2 Å². The summed E-state index contributed by atoms with van der Waals surface area (Å²) in [6.07, 6.45) is 1.61. The molecule has 0 atom stereocenters. The molecule has 174 valence electrons. The molecule has 0 unspecified atom stereocenters. The van der Waals surface area contributed by atoms with Gasteiger partial charge in [-0.05, 0) is 54.1 Å². The van der Waals surface area contributed by atoms with Gasteiger partial charge in [-0.1, -0.05) is 53.0 Å². The molecule has 6 nitrogen and oxygen atoms in total. The highest BCUT2D eigenvalue weighted by Gasteiger charge is 2.14. The van der Waals surface area contributed by atoms with Gasteiger partial charge < -0.3 is 14.8 Å². The van der Waals surface area contributed by atoms with E-state index in [4.69, 9.17) is 44.3 Å². The number of methoxy groups -OCH3 is 1. The Morgan fingerprint density at radius 1 is 0.912 bits per heavy atom. The predicted octanol–water partition coefficient (Wildman–Crippen LogP) is 6.73. The van der Waals surface area contributed by atoms with Gasteiger partial charge in [0.15, 0.2) is 5.82 Å². The second kappa shape index (κ2) is 10.8. The van der Waals surface area contributed by atoms with Crippen LogP contribution in [0.4, 0.5) is 5.82 Å². The van der Waals surface area contributed by atoms with Crippen LogP contribution in [0.15, 0.2) is 72.9 Å². The van der Waals surface area contributed by atoms with Crippen molar-refractivity contribution in [3.63, 3.8) is 0 Å². The number of hydrogen-bond donors (Lipinski definition) is 1. The molecule has 0 spiro atoms. The fourth-order valence-electron chi connectivity index (χ4n) is 3.18. The summed E-state index contributed by atoms with van der Waals surface area (Å²) in [5.74, 6) is 1.42. The first-order valence-electron chi connectivity index (χ1n) is 10.3. The number of carbonyl (C=O) groups excluding carboxylic acids is 1. The summed E-state index contributed by atoms with van der Waals surface area (Å²) in [5, 5.41) is 8.45. The van der Waals surface area contributed by atoms with Gasteiger partial charge in [0.1, 0.15) is 23.1 Å². The number of hydrogen-bond acceptors (Lipinski definition) is 4. The number of rotatable bonds is 8. The van der Waals surface area contributed by atoms with Crippen molar-refractivity contribution in [2.24, 2.45) is 0 Å². The highest BCUT2D eigenvalue weighted by Crippen LogP contribution is 2.27. The molecule has 1 heterocycles. The summed E-state index contributed by atoms with van der Waals surface area (Å²) in [5.41, 5.74) is 2.11. The molecule has 34 heavy (non-hydrogen) atoms. The number of benzene rings is 3. The molecule has 4 aromatic rings. The summed E-state index contributed by atoms with van der Waals surface area (Å²) >= 11 is 18.7. The van der Waals surface area contributed by atoms with Crippen LogP contribution >= 0.6 is 34.8 Å². The summed E-state index contributed by atoms with van der Waals surface area (Å²) in [6, 6.07) is 19.7. The SMILES string of the molecule is COc1ccc(OCc2ccc(C(=O)Nc3nn(Cc4c(Cl)cccc4Cl)cc3Cl)cc2)cc1. The Labute approximate surface area is 212 Å². The minimum Gasteiger partial charge on any atom is -0.497 e. The number of nitrogens with zero attached hydrogens (tertiary/aromatic N) is 2. The van der Waals surface area contributed by atoms with Crippen molar-refractivity contribution < 1.29 is 14.3 Å². The first-order valence-corrected chi connectivity index (χ1v) is 11.4. The van der Waals surface area contributed by atoms with E-state index in [0.717, 1.165) is 22.6 Å². The van der Waals surface area contributed by atoms with Crippen molar-refractivity contribution in [3.05, 3.63) is 105 Å². The molecule has 0 bridgehead atoms.